The number of aryl methyl sites for hydroxylation is 1. The van der Waals surface area contributed by atoms with Crippen LogP contribution >= 0.6 is 11.8 Å². The molecule has 31 heavy (non-hydrogen) atoms. The first-order valence-electron chi connectivity index (χ1n) is 10.3. The summed E-state index contributed by atoms with van der Waals surface area (Å²) in [6, 6.07) is 13.9. The maximum Gasteiger partial charge on any atom is 0.233 e. The predicted octanol–water partition coefficient (Wildman–Crippen LogP) is 3.80. The van der Waals surface area contributed by atoms with E-state index >= 15 is 0 Å². The summed E-state index contributed by atoms with van der Waals surface area (Å²) in [4.78, 5) is 14.4. The van der Waals surface area contributed by atoms with Crippen molar-refractivity contribution in [3.63, 3.8) is 0 Å². The number of carbonyl (C=O) groups excluding carboxylic acids is 1. The van der Waals surface area contributed by atoms with Crippen LogP contribution in [-0.4, -0.2) is 51.6 Å². The number of nitrogens with zero attached hydrogens (tertiary/aromatic N) is 4. The van der Waals surface area contributed by atoms with E-state index < -0.39 is 0 Å². The van der Waals surface area contributed by atoms with Crippen molar-refractivity contribution < 1.29 is 14.3 Å². The molecular formula is C23H26N4O3S. The maximum absolute atomic E-state index is 12.7. The van der Waals surface area contributed by atoms with Gasteiger partial charge in [0.25, 0.3) is 0 Å². The number of thioether (sulfide) groups is 1. The Morgan fingerprint density at radius 3 is 2.68 bits per heavy atom. The molecule has 0 N–H and O–H groups in total. The molecule has 0 radical (unpaired) electrons. The second kappa shape index (κ2) is 9.43. The molecule has 8 heteroatoms. The molecule has 1 aliphatic heterocycles. The van der Waals surface area contributed by atoms with E-state index in [9.17, 15) is 4.79 Å². The third-order valence-electron chi connectivity index (χ3n) is 5.20. The smallest absolute Gasteiger partial charge is 0.233 e. The lowest BCUT2D eigenvalue weighted by Crippen LogP contribution is -2.28. The molecular weight excluding hydrogens is 412 g/mol. The topological polar surface area (TPSA) is 69.5 Å². The molecule has 0 bridgehead atoms. The van der Waals surface area contributed by atoms with Gasteiger partial charge in [-0.3, -0.25) is 4.79 Å². The molecule has 0 fully saturated rings. The van der Waals surface area contributed by atoms with E-state index in [1.165, 1.54) is 11.8 Å². The van der Waals surface area contributed by atoms with E-state index in [2.05, 4.69) is 34.7 Å². The maximum atomic E-state index is 12.7. The fourth-order valence-corrected chi connectivity index (χ4v) is 4.43. The van der Waals surface area contributed by atoms with E-state index in [1.54, 1.807) is 4.90 Å². The van der Waals surface area contributed by atoms with Crippen LogP contribution in [0.15, 0.2) is 47.6 Å². The van der Waals surface area contributed by atoms with Gasteiger partial charge in [-0.05, 0) is 37.1 Å². The van der Waals surface area contributed by atoms with E-state index in [4.69, 9.17) is 9.47 Å². The monoisotopic (exact) mass is 438 g/mol. The highest BCUT2D eigenvalue weighted by atomic mass is 32.2. The van der Waals surface area contributed by atoms with Crippen molar-refractivity contribution in [3.8, 4) is 22.9 Å². The molecule has 0 aliphatic carbocycles. The Morgan fingerprint density at radius 2 is 1.90 bits per heavy atom. The van der Waals surface area contributed by atoms with Gasteiger partial charge in [0.1, 0.15) is 13.2 Å². The summed E-state index contributed by atoms with van der Waals surface area (Å²) in [5.41, 5.74) is 3.21. The quantitative estimate of drug-likeness (QED) is 0.523. The summed E-state index contributed by atoms with van der Waals surface area (Å²) >= 11 is 1.42. The summed E-state index contributed by atoms with van der Waals surface area (Å²) < 4.78 is 13.2. The van der Waals surface area contributed by atoms with Crippen LogP contribution in [0.1, 0.15) is 18.1 Å². The highest BCUT2D eigenvalue weighted by molar-refractivity contribution is 7.99. The molecule has 3 aromatic rings. The van der Waals surface area contributed by atoms with Crippen molar-refractivity contribution >= 4 is 17.7 Å². The Bertz CT molecular complexity index is 1080. The van der Waals surface area contributed by atoms with Crippen LogP contribution < -0.4 is 9.47 Å². The number of amides is 1. The van der Waals surface area contributed by atoms with Crippen molar-refractivity contribution in [1.29, 1.82) is 0 Å². The molecule has 0 saturated carbocycles. The predicted molar refractivity (Wildman–Crippen MR) is 120 cm³/mol. The van der Waals surface area contributed by atoms with Gasteiger partial charge >= 0.3 is 0 Å². The fourth-order valence-electron chi connectivity index (χ4n) is 3.49. The third-order valence-corrected chi connectivity index (χ3v) is 6.15. The molecule has 1 amide bonds. The van der Waals surface area contributed by atoms with Crippen LogP contribution in [0.3, 0.4) is 0 Å². The first kappa shape index (κ1) is 21.2. The average Bonchev–Trinajstić information content (AvgIpc) is 3.20. The van der Waals surface area contributed by atoms with Gasteiger partial charge in [-0.1, -0.05) is 42.1 Å². The number of carbonyl (C=O) groups is 1. The molecule has 0 atom stereocenters. The number of benzene rings is 2. The van der Waals surface area contributed by atoms with E-state index in [-0.39, 0.29) is 5.91 Å². The number of rotatable bonds is 7. The highest BCUT2D eigenvalue weighted by Gasteiger charge is 2.18. The molecule has 1 aromatic heterocycles. The summed E-state index contributed by atoms with van der Waals surface area (Å²) in [6.07, 6.45) is 0. The van der Waals surface area contributed by atoms with Crippen LogP contribution in [0.2, 0.25) is 0 Å². The fraction of sp³-hybridized carbons (Fsp3) is 0.348. The lowest BCUT2D eigenvalue weighted by molar-refractivity contribution is -0.127. The number of aromatic nitrogens is 3. The summed E-state index contributed by atoms with van der Waals surface area (Å²) in [7, 11) is 1.81. The van der Waals surface area contributed by atoms with Crippen molar-refractivity contribution in [3.05, 3.63) is 53.6 Å². The molecule has 2 heterocycles. The highest BCUT2D eigenvalue weighted by Crippen LogP contribution is 2.31. The largest absolute Gasteiger partial charge is 0.486 e. The Kier molecular flexibility index (Phi) is 6.46. The van der Waals surface area contributed by atoms with Gasteiger partial charge < -0.3 is 18.9 Å². The third kappa shape index (κ3) is 4.69. The van der Waals surface area contributed by atoms with Crippen molar-refractivity contribution in [2.24, 2.45) is 0 Å². The SMILES string of the molecule is CCn1c(SCC(=O)N(C)Cc2ccc3c(c2)OCCO3)nnc1-c1ccccc1C. The van der Waals surface area contributed by atoms with E-state index in [0.29, 0.717) is 25.5 Å². The molecule has 7 nitrogen and oxygen atoms in total. The van der Waals surface area contributed by atoms with E-state index in [0.717, 1.165) is 45.7 Å². The molecule has 162 valence electrons. The van der Waals surface area contributed by atoms with Crippen LogP contribution in [-0.2, 0) is 17.9 Å². The van der Waals surface area contributed by atoms with Crippen molar-refractivity contribution in [2.75, 3.05) is 26.0 Å². The standard InChI is InChI=1S/C23H26N4O3S/c1-4-27-22(18-8-6-5-7-16(18)2)24-25-23(27)31-15-21(28)26(3)14-17-9-10-19-20(13-17)30-12-11-29-19/h5-10,13H,4,11-12,14-15H2,1-3H3. The minimum atomic E-state index is 0.0305. The molecule has 2 aromatic carbocycles. The summed E-state index contributed by atoms with van der Waals surface area (Å²) in [5, 5.41) is 9.49. The van der Waals surface area contributed by atoms with Crippen LogP contribution in [0.25, 0.3) is 11.4 Å². The molecule has 4 rings (SSSR count). The van der Waals surface area contributed by atoms with Crippen LogP contribution in [0.5, 0.6) is 11.5 Å². The second-order valence-corrected chi connectivity index (χ2v) is 8.32. The lowest BCUT2D eigenvalue weighted by atomic mass is 10.1. The molecule has 0 unspecified atom stereocenters. The molecule has 0 saturated heterocycles. The Balaban J connectivity index is 1.40. The van der Waals surface area contributed by atoms with Gasteiger partial charge in [0.2, 0.25) is 5.91 Å². The Labute approximate surface area is 186 Å². The van der Waals surface area contributed by atoms with Crippen molar-refractivity contribution in [2.45, 2.75) is 32.1 Å². The zero-order chi connectivity index (χ0) is 21.8. The van der Waals surface area contributed by atoms with Crippen LogP contribution in [0, 0.1) is 6.92 Å². The molecule has 0 spiro atoms. The van der Waals surface area contributed by atoms with Gasteiger partial charge in [0, 0.05) is 25.7 Å². The lowest BCUT2D eigenvalue weighted by Gasteiger charge is -2.21. The van der Waals surface area contributed by atoms with Gasteiger partial charge in [0.05, 0.1) is 5.75 Å². The average molecular weight is 439 g/mol. The first-order chi connectivity index (χ1) is 15.1. The zero-order valence-electron chi connectivity index (χ0n) is 18.0. The molecule has 1 aliphatic rings. The Hall–Kier alpha value is -3.00. The van der Waals surface area contributed by atoms with Gasteiger partial charge in [-0.15, -0.1) is 10.2 Å². The number of ether oxygens (including phenoxy) is 2. The number of fused-ring (bicyclic) bond motifs is 1. The summed E-state index contributed by atoms with van der Waals surface area (Å²) in [6.45, 7) is 6.48. The minimum Gasteiger partial charge on any atom is -0.486 e. The van der Waals surface area contributed by atoms with Gasteiger partial charge in [0.15, 0.2) is 22.5 Å². The normalized spacial score (nSPS) is 12.6. The van der Waals surface area contributed by atoms with Gasteiger partial charge in [-0.25, -0.2) is 0 Å². The number of hydrogen-bond acceptors (Lipinski definition) is 6. The minimum absolute atomic E-state index is 0.0305. The number of hydrogen-bond donors (Lipinski definition) is 0. The Morgan fingerprint density at radius 1 is 1.13 bits per heavy atom. The van der Waals surface area contributed by atoms with Crippen LogP contribution in [0.4, 0.5) is 0 Å². The van der Waals surface area contributed by atoms with E-state index in [1.807, 2.05) is 43.4 Å². The second-order valence-electron chi connectivity index (χ2n) is 7.38. The first-order valence-corrected chi connectivity index (χ1v) is 11.3. The zero-order valence-corrected chi connectivity index (χ0v) is 18.8. The van der Waals surface area contributed by atoms with Gasteiger partial charge in [-0.2, -0.15) is 0 Å². The van der Waals surface area contributed by atoms with Crippen molar-refractivity contribution in [1.82, 2.24) is 19.7 Å². The summed E-state index contributed by atoms with van der Waals surface area (Å²) in [5.74, 6) is 2.65.